The summed E-state index contributed by atoms with van der Waals surface area (Å²) in [6, 6.07) is 10.2. The number of nitrogens with zero attached hydrogens (tertiary/aromatic N) is 3. The number of carboxylic acid groups (broad SMARTS) is 1. The molecule has 9 nitrogen and oxygen atoms in total. The highest BCUT2D eigenvalue weighted by Crippen LogP contribution is 2.42. The second kappa shape index (κ2) is 11.3. The molecule has 2 aromatic carbocycles. The van der Waals surface area contributed by atoms with E-state index < -0.39 is 29.6 Å². The van der Waals surface area contributed by atoms with Crippen LogP contribution in [-0.4, -0.2) is 70.6 Å². The number of phenolic OH excluding ortho intramolecular Hbond substituents is 1. The number of nitrogens with one attached hydrogen (secondary N) is 1. The van der Waals surface area contributed by atoms with Gasteiger partial charge < -0.3 is 20.0 Å². The highest BCUT2D eigenvalue weighted by molar-refractivity contribution is 6.69. The summed E-state index contributed by atoms with van der Waals surface area (Å²) in [7, 11) is 3.81. The summed E-state index contributed by atoms with van der Waals surface area (Å²) < 4.78 is 0. The van der Waals surface area contributed by atoms with E-state index >= 15 is 0 Å². The van der Waals surface area contributed by atoms with Crippen molar-refractivity contribution >= 4 is 29.1 Å². The maximum absolute atomic E-state index is 13.5. The zero-order valence-corrected chi connectivity index (χ0v) is 22.4. The second-order valence-electron chi connectivity index (χ2n) is 10.6. The van der Waals surface area contributed by atoms with Crippen LogP contribution < -0.4 is 5.43 Å². The first kappa shape index (κ1) is 27.3. The Balaban J connectivity index is 1.61. The van der Waals surface area contributed by atoms with Gasteiger partial charge in [0.15, 0.2) is 5.71 Å². The van der Waals surface area contributed by atoms with E-state index in [9.17, 15) is 24.6 Å². The molecule has 202 valence electrons. The smallest absolute Gasteiger partial charge is 0.306 e. The van der Waals surface area contributed by atoms with Crippen molar-refractivity contribution in [2.24, 2.45) is 11.0 Å². The van der Waals surface area contributed by atoms with Crippen LogP contribution in [0.15, 0.2) is 41.5 Å². The monoisotopic (exact) mass is 520 g/mol. The van der Waals surface area contributed by atoms with Crippen LogP contribution >= 0.6 is 0 Å². The number of carboxylic acids is 1. The van der Waals surface area contributed by atoms with Crippen molar-refractivity contribution in [2.45, 2.75) is 51.5 Å². The van der Waals surface area contributed by atoms with E-state index in [1.54, 1.807) is 23.1 Å². The maximum atomic E-state index is 13.5. The fourth-order valence-electron chi connectivity index (χ4n) is 5.33. The fraction of sp³-hybridized carbons (Fsp3) is 0.448. The Morgan fingerprint density at radius 3 is 2.58 bits per heavy atom. The number of likely N-dealkylation sites (N-methyl/N-ethyl adjacent to an activating group) is 1. The van der Waals surface area contributed by atoms with Gasteiger partial charge in [-0.3, -0.25) is 19.8 Å². The number of aromatic hydroxyl groups is 1. The summed E-state index contributed by atoms with van der Waals surface area (Å²) in [6.07, 6.45) is 2.64. The minimum atomic E-state index is -0.815. The number of likely N-dealkylation sites (tertiary alicyclic amines) is 1. The Hall–Kier alpha value is -3.72. The molecular formula is C29H36N4O5. The number of para-hydroxylation sites is 1. The molecule has 1 heterocycles. The zero-order chi connectivity index (χ0) is 27.6. The van der Waals surface area contributed by atoms with E-state index in [0.29, 0.717) is 31.5 Å². The van der Waals surface area contributed by atoms with Crippen LogP contribution in [0.4, 0.5) is 5.69 Å². The molecule has 2 aliphatic rings. The third kappa shape index (κ3) is 5.57. The lowest BCUT2D eigenvalue weighted by atomic mass is 9.77. The average molecular weight is 521 g/mol. The van der Waals surface area contributed by atoms with Crippen LogP contribution in [0.5, 0.6) is 5.75 Å². The third-order valence-electron chi connectivity index (χ3n) is 7.71. The molecule has 9 heteroatoms. The summed E-state index contributed by atoms with van der Waals surface area (Å²) in [5, 5.41) is 24.6. The van der Waals surface area contributed by atoms with Gasteiger partial charge in [-0.05, 0) is 81.4 Å². The molecular weight excluding hydrogens is 484 g/mol. The first-order valence-electron chi connectivity index (χ1n) is 13.0. The molecule has 3 atom stereocenters. The number of hydrogen-bond donors (Lipinski definition) is 3. The van der Waals surface area contributed by atoms with Gasteiger partial charge in [-0.25, -0.2) is 0 Å². The molecule has 2 aromatic rings. The van der Waals surface area contributed by atoms with Gasteiger partial charge in [0, 0.05) is 13.1 Å². The van der Waals surface area contributed by atoms with Gasteiger partial charge in [0.05, 0.1) is 11.6 Å². The molecule has 2 fully saturated rings. The molecule has 3 N–H and O–H groups in total. The predicted octanol–water partition coefficient (Wildman–Crippen LogP) is 3.85. The Morgan fingerprint density at radius 2 is 1.89 bits per heavy atom. The molecule has 0 bridgehead atoms. The summed E-state index contributed by atoms with van der Waals surface area (Å²) in [5.41, 5.74) is 6.33. The number of anilines is 1. The van der Waals surface area contributed by atoms with E-state index in [-0.39, 0.29) is 23.1 Å². The van der Waals surface area contributed by atoms with Gasteiger partial charge in [0.2, 0.25) is 5.78 Å². The summed E-state index contributed by atoms with van der Waals surface area (Å²) in [4.78, 5) is 41.9. The summed E-state index contributed by atoms with van der Waals surface area (Å²) in [6.45, 7) is 4.92. The number of aliphatic carboxylic acids is 1. The molecule has 3 unspecified atom stereocenters. The van der Waals surface area contributed by atoms with Gasteiger partial charge in [-0.15, -0.1) is 0 Å². The number of carbonyl (C=O) groups is 3. The molecule has 1 aliphatic carbocycles. The number of Topliss-reactive ketones (excluding diaryl/α,β-unsaturated/α-hetero) is 1. The number of rotatable bonds is 8. The molecule has 0 spiro atoms. The van der Waals surface area contributed by atoms with Crippen LogP contribution in [0.25, 0.3) is 0 Å². The standard InChI is InChI=1S/C29H36N4O5/c1-17-11-12-20(15-18(17)2)25-27(35)24(28(36)33(25)14-13-32(3)4)31-30-23-10-6-9-22(26(23)34)19-7-5-8-21(16-19)29(37)38/h6,9-12,15,19,21,25,30,34H,5,7-8,13-14,16H2,1-4H3,(H,37,38)/b31-24-. The van der Waals surface area contributed by atoms with Crippen molar-refractivity contribution in [3.8, 4) is 5.75 Å². The maximum Gasteiger partial charge on any atom is 0.306 e. The van der Waals surface area contributed by atoms with Crippen LogP contribution in [-0.2, 0) is 14.4 Å². The lowest BCUT2D eigenvalue weighted by Gasteiger charge is -2.27. The van der Waals surface area contributed by atoms with Crippen molar-refractivity contribution in [3.63, 3.8) is 0 Å². The number of hydrogen-bond acceptors (Lipinski definition) is 7. The number of amides is 1. The van der Waals surface area contributed by atoms with Crippen molar-refractivity contribution in [1.82, 2.24) is 9.80 Å². The van der Waals surface area contributed by atoms with E-state index in [1.807, 2.05) is 51.0 Å². The van der Waals surface area contributed by atoms with E-state index in [1.165, 1.54) is 0 Å². The quantitative estimate of drug-likeness (QED) is 0.357. The Kier molecular flexibility index (Phi) is 8.16. The average Bonchev–Trinajstić information content (AvgIpc) is 3.12. The van der Waals surface area contributed by atoms with Crippen LogP contribution in [0, 0.1) is 19.8 Å². The van der Waals surface area contributed by atoms with E-state index in [0.717, 1.165) is 29.5 Å². The zero-order valence-electron chi connectivity index (χ0n) is 22.4. The first-order chi connectivity index (χ1) is 18.1. The minimum Gasteiger partial charge on any atom is -0.505 e. The SMILES string of the molecule is Cc1ccc(C2C(=O)/C(=N/Nc3cccc(C4CCCC(C(=O)O)C4)c3O)C(=O)N2CCN(C)C)cc1C. The summed E-state index contributed by atoms with van der Waals surface area (Å²) >= 11 is 0. The Morgan fingerprint density at radius 1 is 1.13 bits per heavy atom. The van der Waals surface area contributed by atoms with Crippen molar-refractivity contribution in [2.75, 3.05) is 32.6 Å². The van der Waals surface area contributed by atoms with Gasteiger partial charge in [0.25, 0.3) is 5.91 Å². The van der Waals surface area contributed by atoms with Gasteiger partial charge in [0.1, 0.15) is 11.8 Å². The van der Waals surface area contributed by atoms with E-state index in [4.69, 9.17) is 0 Å². The van der Waals surface area contributed by atoms with Crippen molar-refractivity contribution in [3.05, 3.63) is 58.7 Å². The molecule has 1 aliphatic heterocycles. The van der Waals surface area contributed by atoms with Crippen LogP contribution in [0.1, 0.15) is 59.9 Å². The number of phenols is 1. The van der Waals surface area contributed by atoms with Crippen LogP contribution in [0.2, 0.25) is 0 Å². The van der Waals surface area contributed by atoms with Gasteiger partial charge in [-0.1, -0.05) is 36.8 Å². The highest BCUT2D eigenvalue weighted by atomic mass is 16.4. The lowest BCUT2D eigenvalue weighted by Crippen LogP contribution is -2.36. The van der Waals surface area contributed by atoms with Crippen molar-refractivity contribution < 1.29 is 24.6 Å². The topological polar surface area (TPSA) is 123 Å². The predicted molar refractivity (Wildman–Crippen MR) is 145 cm³/mol. The normalized spacial score (nSPS) is 22.9. The fourth-order valence-corrected chi connectivity index (χ4v) is 5.33. The van der Waals surface area contributed by atoms with E-state index in [2.05, 4.69) is 10.5 Å². The van der Waals surface area contributed by atoms with Crippen molar-refractivity contribution in [1.29, 1.82) is 0 Å². The Bertz CT molecular complexity index is 1270. The second-order valence-corrected chi connectivity index (χ2v) is 10.6. The Labute approximate surface area is 223 Å². The molecule has 1 amide bonds. The number of benzene rings is 2. The first-order valence-corrected chi connectivity index (χ1v) is 13.0. The lowest BCUT2D eigenvalue weighted by molar-refractivity contribution is -0.143. The molecule has 0 radical (unpaired) electrons. The molecule has 1 saturated carbocycles. The molecule has 0 aromatic heterocycles. The number of carbonyl (C=O) groups excluding carboxylic acids is 2. The third-order valence-corrected chi connectivity index (χ3v) is 7.71. The number of aryl methyl sites for hydroxylation is 2. The molecule has 38 heavy (non-hydrogen) atoms. The number of ketones is 1. The summed E-state index contributed by atoms with van der Waals surface area (Å²) in [5.74, 6) is -2.23. The minimum absolute atomic E-state index is 0.0408. The van der Waals surface area contributed by atoms with Gasteiger partial charge >= 0.3 is 5.97 Å². The molecule has 4 rings (SSSR count). The number of hydrazone groups is 1. The van der Waals surface area contributed by atoms with Crippen LogP contribution in [0.3, 0.4) is 0 Å². The highest BCUT2D eigenvalue weighted by Gasteiger charge is 2.45. The molecule has 1 saturated heterocycles. The largest absolute Gasteiger partial charge is 0.505 e. The van der Waals surface area contributed by atoms with Gasteiger partial charge in [-0.2, -0.15) is 5.10 Å².